The van der Waals surface area contributed by atoms with Gasteiger partial charge in [0.25, 0.3) is 0 Å². The molecule has 4 rings (SSSR count). The van der Waals surface area contributed by atoms with Gasteiger partial charge in [-0.25, -0.2) is 5.10 Å². The Morgan fingerprint density at radius 2 is 1.25 bits per heavy atom. The van der Waals surface area contributed by atoms with Crippen LogP contribution >= 0.6 is 0 Å². The molecule has 0 radical (unpaired) electrons. The predicted octanol–water partition coefficient (Wildman–Crippen LogP) is 4.36. The van der Waals surface area contributed by atoms with Crippen molar-refractivity contribution in [2.45, 2.75) is 11.8 Å². The number of rotatable bonds is 6. The van der Waals surface area contributed by atoms with Crippen LogP contribution in [-0.4, -0.2) is 21.1 Å². The second kappa shape index (κ2) is 8.31. The highest BCUT2D eigenvalue weighted by Crippen LogP contribution is 2.39. The Labute approximate surface area is 163 Å². The van der Waals surface area contributed by atoms with Crippen LogP contribution in [0.3, 0.4) is 0 Å². The molecule has 1 heterocycles. The molecule has 5 heteroatoms. The van der Waals surface area contributed by atoms with Crippen molar-refractivity contribution in [1.29, 1.82) is 0 Å². The first-order valence-corrected chi connectivity index (χ1v) is 9.14. The van der Waals surface area contributed by atoms with Crippen LogP contribution in [0.1, 0.15) is 28.5 Å². The number of nitrogens with one attached hydrogen (secondary N) is 2. The molecule has 0 spiro atoms. The fourth-order valence-electron chi connectivity index (χ4n) is 3.51. The van der Waals surface area contributed by atoms with E-state index in [1.807, 2.05) is 66.7 Å². The molecule has 0 saturated heterocycles. The second-order valence-corrected chi connectivity index (χ2v) is 6.51. The van der Waals surface area contributed by atoms with Crippen LogP contribution in [0.15, 0.2) is 97.3 Å². The van der Waals surface area contributed by atoms with Gasteiger partial charge in [0.2, 0.25) is 11.9 Å². The monoisotopic (exact) mass is 368 g/mol. The SMILES string of the molecule is O=C(Nc1ncn[nH]1)C(c1ccccc1)C(c1ccccc1)c1ccccc1. The second-order valence-electron chi connectivity index (χ2n) is 6.51. The number of benzene rings is 3. The normalized spacial score (nSPS) is 11.9. The molecular weight excluding hydrogens is 348 g/mol. The van der Waals surface area contributed by atoms with Crippen LogP contribution in [0, 0.1) is 0 Å². The van der Waals surface area contributed by atoms with E-state index in [9.17, 15) is 4.79 Å². The van der Waals surface area contributed by atoms with Gasteiger partial charge < -0.3 is 0 Å². The lowest BCUT2D eigenvalue weighted by Crippen LogP contribution is -2.27. The zero-order valence-electron chi connectivity index (χ0n) is 15.2. The van der Waals surface area contributed by atoms with Crippen molar-refractivity contribution in [3.05, 3.63) is 114 Å². The molecule has 0 aliphatic heterocycles. The van der Waals surface area contributed by atoms with Crippen molar-refractivity contribution in [2.75, 3.05) is 5.32 Å². The number of aromatic amines is 1. The van der Waals surface area contributed by atoms with Crippen LogP contribution in [-0.2, 0) is 4.79 Å². The molecule has 2 N–H and O–H groups in total. The van der Waals surface area contributed by atoms with Gasteiger partial charge in [-0.15, -0.1) is 0 Å². The van der Waals surface area contributed by atoms with Crippen LogP contribution in [0.25, 0.3) is 0 Å². The first-order chi connectivity index (χ1) is 13.8. The van der Waals surface area contributed by atoms with E-state index in [0.717, 1.165) is 16.7 Å². The number of hydrogen-bond donors (Lipinski definition) is 2. The van der Waals surface area contributed by atoms with Crippen molar-refractivity contribution in [3.8, 4) is 0 Å². The van der Waals surface area contributed by atoms with Crippen LogP contribution in [0.5, 0.6) is 0 Å². The molecule has 0 fully saturated rings. The van der Waals surface area contributed by atoms with Crippen molar-refractivity contribution in [1.82, 2.24) is 15.2 Å². The van der Waals surface area contributed by atoms with Gasteiger partial charge in [-0.3, -0.25) is 10.1 Å². The molecule has 5 nitrogen and oxygen atoms in total. The molecule has 1 aromatic heterocycles. The van der Waals surface area contributed by atoms with Gasteiger partial charge in [0, 0.05) is 5.92 Å². The Morgan fingerprint density at radius 3 is 1.71 bits per heavy atom. The average molecular weight is 368 g/mol. The van der Waals surface area contributed by atoms with E-state index in [-0.39, 0.29) is 11.8 Å². The van der Waals surface area contributed by atoms with Crippen molar-refractivity contribution in [3.63, 3.8) is 0 Å². The summed E-state index contributed by atoms with van der Waals surface area (Å²) in [5.74, 6) is -0.379. The summed E-state index contributed by atoms with van der Waals surface area (Å²) in [7, 11) is 0. The zero-order chi connectivity index (χ0) is 19.2. The number of anilines is 1. The van der Waals surface area contributed by atoms with Gasteiger partial charge in [-0.2, -0.15) is 10.1 Å². The maximum absolute atomic E-state index is 13.4. The van der Waals surface area contributed by atoms with Crippen LogP contribution in [0.2, 0.25) is 0 Å². The summed E-state index contributed by atoms with van der Waals surface area (Å²) in [6.07, 6.45) is 1.37. The lowest BCUT2D eigenvalue weighted by molar-refractivity contribution is -0.117. The molecule has 0 bridgehead atoms. The highest BCUT2D eigenvalue weighted by molar-refractivity contribution is 5.95. The first-order valence-electron chi connectivity index (χ1n) is 9.14. The molecular formula is C23H20N4O. The highest BCUT2D eigenvalue weighted by atomic mass is 16.2. The third-order valence-electron chi connectivity index (χ3n) is 4.75. The zero-order valence-corrected chi connectivity index (χ0v) is 15.2. The smallest absolute Gasteiger partial charge is 0.235 e. The maximum atomic E-state index is 13.4. The van der Waals surface area contributed by atoms with Gasteiger partial charge in [0.15, 0.2) is 0 Å². The Hall–Kier alpha value is -3.73. The Bertz CT molecular complexity index is 963. The summed E-state index contributed by atoms with van der Waals surface area (Å²) in [6.45, 7) is 0. The van der Waals surface area contributed by atoms with Gasteiger partial charge in [0.05, 0.1) is 5.92 Å². The number of hydrogen-bond acceptors (Lipinski definition) is 3. The van der Waals surface area contributed by atoms with Gasteiger partial charge in [-0.1, -0.05) is 91.0 Å². The van der Waals surface area contributed by atoms with Gasteiger partial charge in [0.1, 0.15) is 6.33 Å². The third-order valence-corrected chi connectivity index (χ3v) is 4.75. The number of nitrogens with zero attached hydrogens (tertiary/aromatic N) is 2. The Kier molecular flexibility index (Phi) is 5.24. The fourth-order valence-corrected chi connectivity index (χ4v) is 3.51. The van der Waals surface area contributed by atoms with Crippen LogP contribution < -0.4 is 5.32 Å². The summed E-state index contributed by atoms with van der Waals surface area (Å²) in [5.41, 5.74) is 3.10. The fraction of sp³-hybridized carbons (Fsp3) is 0.0870. The van der Waals surface area contributed by atoms with E-state index in [1.54, 1.807) is 0 Å². The summed E-state index contributed by atoms with van der Waals surface area (Å²) >= 11 is 0. The molecule has 1 atom stereocenters. The number of carbonyl (C=O) groups is 1. The van der Waals surface area contributed by atoms with Gasteiger partial charge >= 0.3 is 0 Å². The lowest BCUT2D eigenvalue weighted by Gasteiger charge is -2.27. The van der Waals surface area contributed by atoms with E-state index in [1.165, 1.54) is 6.33 Å². The van der Waals surface area contributed by atoms with Crippen LogP contribution in [0.4, 0.5) is 5.95 Å². The summed E-state index contributed by atoms with van der Waals surface area (Å²) < 4.78 is 0. The van der Waals surface area contributed by atoms with Crippen molar-refractivity contribution >= 4 is 11.9 Å². The molecule has 0 aliphatic carbocycles. The summed E-state index contributed by atoms with van der Waals surface area (Å²) in [6, 6.07) is 30.1. The number of carbonyl (C=O) groups excluding carboxylic acids is 1. The number of amides is 1. The topological polar surface area (TPSA) is 70.7 Å². The lowest BCUT2D eigenvalue weighted by atomic mass is 9.76. The molecule has 0 aliphatic rings. The Balaban J connectivity index is 1.82. The molecule has 138 valence electrons. The van der Waals surface area contributed by atoms with Gasteiger partial charge in [-0.05, 0) is 16.7 Å². The molecule has 1 unspecified atom stereocenters. The minimum absolute atomic E-state index is 0.138. The third kappa shape index (κ3) is 3.83. The van der Waals surface area contributed by atoms with E-state index in [4.69, 9.17) is 0 Å². The summed E-state index contributed by atoms with van der Waals surface area (Å²) in [4.78, 5) is 17.4. The average Bonchev–Trinajstić information content (AvgIpc) is 3.26. The number of H-pyrrole nitrogens is 1. The molecule has 4 aromatic rings. The van der Waals surface area contributed by atoms with E-state index >= 15 is 0 Å². The van der Waals surface area contributed by atoms with E-state index in [0.29, 0.717) is 5.95 Å². The van der Waals surface area contributed by atoms with Crippen molar-refractivity contribution in [2.24, 2.45) is 0 Å². The van der Waals surface area contributed by atoms with E-state index in [2.05, 4.69) is 44.8 Å². The molecule has 0 saturated carbocycles. The minimum atomic E-state index is -0.434. The maximum Gasteiger partial charge on any atom is 0.235 e. The minimum Gasteiger partial charge on any atom is -0.294 e. The first kappa shape index (κ1) is 17.7. The summed E-state index contributed by atoms with van der Waals surface area (Å²) in [5, 5.41) is 9.39. The highest BCUT2D eigenvalue weighted by Gasteiger charge is 2.32. The predicted molar refractivity (Wildman–Crippen MR) is 109 cm³/mol. The molecule has 3 aromatic carbocycles. The van der Waals surface area contributed by atoms with E-state index < -0.39 is 5.92 Å². The quantitative estimate of drug-likeness (QED) is 0.531. The standard InChI is InChI=1S/C23H20N4O/c28-22(26-23-24-16-25-27-23)21(19-14-8-3-9-15-19)20(17-10-4-1-5-11-17)18-12-6-2-7-13-18/h1-16,20-21H,(H2,24,25,26,27,28). The molecule has 1 amide bonds. The molecule has 28 heavy (non-hydrogen) atoms. The Morgan fingerprint density at radius 1 is 0.750 bits per heavy atom. The number of aromatic nitrogens is 3. The van der Waals surface area contributed by atoms with Crippen molar-refractivity contribution < 1.29 is 4.79 Å². The largest absolute Gasteiger partial charge is 0.294 e.